The number of quaternary nitrogens is 2. The average molecular weight is 373 g/mol. The van der Waals surface area contributed by atoms with Crippen molar-refractivity contribution in [2.24, 2.45) is 0 Å². The Hall–Kier alpha value is -2.44. The van der Waals surface area contributed by atoms with Gasteiger partial charge in [0.25, 0.3) is 5.91 Å². The third kappa shape index (κ3) is 4.84. The normalized spacial score (nSPS) is 20.7. The minimum Gasteiger partial charge on any atom is -0.497 e. The molecule has 3 rings (SSSR count). The minimum atomic E-state index is -0.494. The molecule has 1 aliphatic heterocycles. The smallest absolute Gasteiger partial charge is 0.254 e. The van der Waals surface area contributed by atoms with Crippen molar-refractivity contribution in [3.63, 3.8) is 0 Å². The Balaban J connectivity index is 1.75. The highest BCUT2D eigenvalue weighted by Gasteiger charge is 2.30. The number of hydrogen-bond donors (Lipinski definition) is 3. The van der Waals surface area contributed by atoms with E-state index in [9.17, 15) is 9.18 Å². The van der Waals surface area contributed by atoms with Gasteiger partial charge in [-0.3, -0.25) is 4.79 Å². The molecule has 1 aliphatic rings. The highest BCUT2D eigenvalue weighted by atomic mass is 19.1. The van der Waals surface area contributed by atoms with Crippen LogP contribution in [0.3, 0.4) is 0 Å². The molecule has 6 heteroatoms. The zero-order chi connectivity index (χ0) is 19.2. The Morgan fingerprint density at radius 3 is 2.41 bits per heavy atom. The Morgan fingerprint density at radius 2 is 1.78 bits per heavy atom. The molecular weight excluding hydrogens is 345 g/mol. The molecule has 2 aromatic rings. The largest absolute Gasteiger partial charge is 0.497 e. The second-order valence-electron chi connectivity index (χ2n) is 7.13. The van der Waals surface area contributed by atoms with E-state index in [1.807, 2.05) is 12.1 Å². The lowest BCUT2D eigenvalue weighted by Crippen LogP contribution is -3.27. The summed E-state index contributed by atoms with van der Waals surface area (Å²) in [4.78, 5) is 15.4. The number of amides is 1. The molecule has 5 nitrogen and oxygen atoms in total. The maximum Gasteiger partial charge on any atom is 0.254 e. The summed E-state index contributed by atoms with van der Waals surface area (Å²) in [5, 5.41) is 2.94. The van der Waals surface area contributed by atoms with Gasteiger partial charge in [0.15, 0.2) is 0 Å². The van der Waals surface area contributed by atoms with Gasteiger partial charge < -0.3 is 19.9 Å². The number of rotatable bonds is 6. The molecule has 1 fully saturated rings. The topological polar surface area (TPSA) is 47.2 Å². The van der Waals surface area contributed by atoms with Crippen molar-refractivity contribution in [1.82, 2.24) is 5.32 Å². The lowest BCUT2D eigenvalue weighted by molar-refractivity contribution is -1.02. The van der Waals surface area contributed by atoms with E-state index in [1.165, 1.54) is 21.9 Å². The number of halogens is 1. The molecule has 144 valence electrons. The van der Waals surface area contributed by atoms with Gasteiger partial charge in [-0.25, -0.2) is 4.39 Å². The first-order valence-electron chi connectivity index (χ1n) is 9.41. The van der Waals surface area contributed by atoms with Gasteiger partial charge in [0.2, 0.25) is 0 Å². The van der Waals surface area contributed by atoms with E-state index in [-0.39, 0.29) is 17.5 Å². The summed E-state index contributed by atoms with van der Waals surface area (Å²) in [6, 6.07) is 14.2. The highest BCUT2D eigenvalue weighted by Crippen LogP contribution is 2.16. The van der Waals surface area contributed by atoms with Gasteiger partial charge in [0, 0.05) is 5.56 Å². The fourth-order valence-corrected chi connectivity index (χ4v) is 3.62. The summed E-state index contributed by atoms with van der Waals surface area (Å²) in [6.07, 6.45) is 0. The van der Waals surface area contributed by atoms with Crippen molar-refractivity contribution >= 4 is 5.91 Å². The lowest BCUT2D eigenvalue weighted by atomic mass is 10.0. The molecule has 0 aromatic heterocycles. The van der Waals surface area contributed by atoms with E-state index in [4.69, 9.17) is 4.74 Å². The molecule has 1 atom stereocenters. The van der Waals surface area contributed by atoms with Gasteiger partial charge >= 0.3 is 0 Å². The van der Waals surface area contributed by atoms with Gasteiger partial charge in [-0.05, 0) is 36.4 Å². The van der Waals surface area contributed by atoms with E-state index in [1.54, 1.807) is 19.2 Å². The second kappa shape index (κ2) is 8.97. The molecule has 0 radical (unpaired) electrons. The molecule has 0 spiro atoms. The van der Waals surface area contributed by atoms with E-state index in [2.05, 4.69) is 24.5 Å². The van der Waals surface area contributed by atoms with Crippen molar-refractivity contribution in [2.45, 2.75) is 6.04 Å². The first-order valence-corrected chi connectivity index (χ1v) is 9.41. The summed E-state index contributed by atoms with van der Waals surface area (Å²) >= 11 is 0. The van der Waals surface area contributed by atoms with Crippen molar-refractivity contribution in [2.75, 3.05) is 46.9 Å². The Bertz CT molecular complexity index is 758. The zero-order valence-electron chi connectivity index (χ0n) is 15.9. The average Bonchev–Trinajstić information content (AvgIpc) is 2.70. The molecule has 2 aromatic carbocycles. The molecule has 1 saturated heterocycles. The molecule has 0 saturated carbocycles. The Morgan fingerprint density at radius 1 is 1.11 bits per heavy atom. The fourth-order valence-electron chi connectivity index (χ4n) is 3.62. The van der Waals surface area contributed by atoms with Crippen LogP contribution in [-0.2, 0) is 0 Å². The van der Waals surface area contributed by atoms with Crippen LogP contribution < -0.4 is 19.9 Å². The Kier molecular flexibility index (Phi) is 6.42. The third-order valence-electron chi connectivity index (χ3n) is 5.34. The third-order valence-corrected chi connectivity index (χ3v) is 5.34. The van der Waals surface area contributed by atoms with Gasteiger partial charge in [-0.15, -0.1) is 0 Å². The minimum absolute atomic E-state index is 0.0869. The Labute approximate surface area is 159 Å². The van der Waals surface area contributed by atoms with Crippen LogP contribution in [0.2, 0.25) is 0 Å². The van der Waals surface area contributed by atoms with Crippen LogP contribution in [0.1, 0.15) is 22.0 Å². The molecular formula is C21H28FN3O2+2. The zero-order valence-corrected chi connectivity index (χ0v) is 15.9. The van der Waals surface area contributed by atoms with Crippen LogP contribution in [0.5, 0.6) is 5.75 Å². The summed E-state index contributed by atoms with van der Waals surface area (Å²) in [6.45, 7) is 4.75. The van der Waals surface area contributed by atoms with Crippen molar-refractivity contribution < 1.29 is 23.7 Å². The number of nitrogens with one attached hydrogen (secondary N) is 3. The number of benzene rings is 2. The van der Waals surface area contributed by atoms with Crippen molar-refractivity contribution in [3.05, 3.63) is 65.5 Å². The molecule has 1 heterocycles. The first-order chi connectivity index (χ1) is 13.1. The fraction of sp³-hybridized carbons (Fsp3) is 0.381. The summed E-state index contributed by atoms with van der Waals surface area (Å²) in [5.41, 5.74) is 1.24. The predicted molar refractivity (Wildman–Crippen MR) is 102 cm³/mol. The van der Waals surface area contributed by atoms with Crippen molar-refractivity contribution in [3.8, 4) is 5.75 Å². The van der Waals surface area contributed by atoms with Crippen LogP contribution in [0.25, 0.3) is 0 Å². The summed E-state index contributed by atoms with van der Waals surface area (Å²) in [7, 11) is 3.86. The molecule has 1 amide bonds. The van der Waals surface area contributed by atoms with E-state index in [0.717, 1.165) is 37.5 Å². The summed E-state index contributed by atoms with van der Waals surface area (Å²) in [5.74, 6) is -0.0528. The van der Waals surface area contributed by atoms with Gasteiger partial charge in [-0.1, -0.05) is 12.1 Å². The maximum atomic E-state index is 13.9. The number of hydrogen-bond acceptors (Lipinski definition) is 2. The number of carbonyl (C=O) groups is 1. The number of methoxy groups -OCH3 is 1. The van der Waals surface area contributed by atoms with E-state index in [0.29, 0.717) is 6.54 Å². The molecule has 0 bridgehead atoms. The van der Waals surface area contributed by atoms with Gasteiger partial charge in [0.1, 0.15) is 43.8 Å². The maximum absolute atomic E-state index is 13.9. The number of likely N-dealkylation sites (N-methyl/N-ethyl adjacent to an activating group) is 1. The van der Waals surface area contributed by atoms with Gasteiger partial charge in [0.05, 0.1) is 26.3 Å². The molecule has 0 unspecified atom stereocenters. The molecule has 27 heavy (non-hydrogen) atoms. The quantitative estimate of drug-likeness (QED) is 0.652. The predicted octanol–water partition coefficient (Wildman–Crippen LogP) is -0.281. The number of ether oxygens (including phenoxy) is 1. The lowest BCUT2D eigenvalue weighted by Gasteiger charge is -2.33. The number of piperazine rings is 1. The standard InChI is InChI=1S/C21H26FN3O2/c1-24-11-13-25(14-12-24)20(16-7-9-17(27-2)10-8-16)15-23-21(26)18-5-3-4-6-19(18)22/h3-10,20H,11-15H2,1-2H3,(H,23,26)/p+2/t20-/m1/s1. The number of carbonyl (C=O) groups excluding carboxylic acids is 1. The summed E-state index contributed by atoms with van der Waals surface area (Å²) < 4.78 is 19.1. The van der Waals surface area contributed by atoms with Crippen LogP contribution >= 0.6 is 0 Å². The molecule has 3 N–H and O–H groups in total. The van der Waals surface area contributed by atoms with Crippen LogP contribution in [0.15, 0.2) is 48.5 Å². The second-order valence-corrected chi connectivity index (χ2v) is 7.13. The first kappa shape index (κ1) is 19.3. The van der Waals surface area contributed by atoms with Crippen molar-refractivity contribution in [1.29, 1.82) is 0 Å². The van der Waals surface area contributed by atoms with Crippen LogP contribution in [0.4, 0.5) is 4.39 Å². The van der Waals surface area contributed by atoms with Crippen LogP contribution in [-0.4, -0.2) is 52.8 Å². The highest BCUT2D eigenvalue weighted by molar-refractivity contribution is 5.94. The van der Waals surface area contributed by atoms with Crippen LogP contribution in [0, 0.1) is 5.82 Å². The van der Waals surface area contributed by atoms with E-state index >= 15 is 0 Å². The molecule has 0 aliphatic carbocycles. The van der Waals surface area contributed by atoms with Gasteiger partial charge in [-0.2, -0.15) is 0 Å². The monoisotopic (exact) mass is 373 g/mol. The SMILES string of the molecule is COc1ccc([C@@H](CNC(=O)c2ccccc2F)[NH+]2CC[NH+](C)CC2)cc1. The van der Waals surface area contributed by atoms with E-state index < -0.39 is 5.82 Å².